The van der Waals surface area contributed by atoms with Crippen LogP contribution in [-0.2, 0) is 6.42 Å². The topological polar surface area (TPSA) is 13.1 Å². The van der Waals surface area contributed by atoms with Crippen LogP contribution in [0.1, 0.15) is 78.8 Å². The van der Waals surface area contributed by atoms with Gasteiger partial charge in [-0.3, -0.25) is 0 Å². The Bertz CT molecular complexity index is 2590. The molecule has 0 spiro atoms. The standard InChI is InChI=1S/C47H38OS/c1-3-4-5-6-7-8-9-33-14-16-35(17-15-33)19-21-37-23-25-39-42-28-27-41-43(47(42)49-45(39)31-37)29-26-40-38-24-22-36(30-44(38)48-46(40)41)20-18-34-12-10-32(2)11-13-34/h10-17,22-31H,3-9H2,1-2H3. The van der Waals surface area contributed by atoms with E-state index in [0.717, 1.165) is 56.0 Å². The zero-order chi connectivity index (χ0) is 33.2. The molecule has 0 saturated carbocycles. The van der Waals surface area contributed by atoms with Crippen molar-refractivity contribution in [2.45, 2.75) is 58.8 Å². The van der Waals surface area contributed by atoms with Crippen LogP contribution >= 0.6 is 11.3 Å². The highest BCUT2D eigenvalue weighted by Crippen LogP contribution is 2.42. The van der Waals surface area contributed by atoms with E-state index in [1.165, 1.54) is 75.2 Å². The Balaban J connectivity index is 1.05. The van der Waals surface area contributed by atoms with Crippen LogP contribution in [0.4, 0.5) is 0 Å². The van der Waals surface area contributed by atoms with Gasteiger partial charge in [0.05, 0.1) is 0 Å². The van der Waals surface area contributed by atoms with E-state index in [-0.39, 0.29) is 0 Å². The molecule has 2 heterocycles. The smallest absolute Gasteiger partial charge is 0.143 e. The molecule has 49 heavy (non-hydrogen) atoms. The van der Waals surface area contributed by atoms with E-state index < -0.39 is 0 Å². The van der Waals surface area contributed by atoms with E-state index in [1.54, 1.807) is 0 Å². The number of fused-ring (bicyclic) bond motifs is 9. The van der Waals surface area contributed by atoms with Crippen molar-refractivity contribution >= 4 is 64.2 Å². The third-order valence-electron chi connectivity index (χ3n) is 9.60. The first-order chi connectivity index (χ1) is 24.1. The largest absolute Gasteiger partial charge is 0.455 e. The second-order valence-electron chi connectivity index (χ2n) is 13.2. The van der Waals surface area contributed by atoms with Crippen LogP contribution in [0.2, 0.25) is 0 Å². The molecular formula is C47H38OS. The number of hydrogen-bond acceptors (Lipinski definition) is 2. The van der Waals surface area contributed by atoms with Crippen molar-refractivity contribution in [3.05, 3.63) is 143 Å². The van der Waals surface area contributed by atoms with Crippen molar-refractivity contribution in [1.82, 2.24) is 0 Å². The summed E-state index contributed by atoms with van der Waals surface area (Å²) in [4.78, 5) is 0. The van der Waals surface area contributed by atoms with Crippen molar-refractivity contribution < 1.29 is 4.42 Å². The molecule has 1 nitrogen and oxygen atoms in total. The lowest BCUT2D eigenvalue weighted by atomic mass is 10.0. The molecule has 0 N–H and O–H groups in total. The maximum Gasteiger partial charge on any atom is 0.143 e. The van der Waals surface area contributed by atoms with Gasteiger partial charge in [-0.15, -0.1) is 11.3 Å². The van der Waals surface area contributed by atoms with Gasteiger partial charge < -0.3 is 4.42 Å². The molecule has 8 aromatic rings. The van der Waals surface area contributed by atoms with Gasteiger partial charge in [0.2, 0.25) is 0 Å². The SMILES string of the molecule is CCCCCCCCc1ccc(C#Cc2ccc3c(c2)sc2c3ccc3c2ccc2c4ccc(C#Cc5ccc(C)cc5)cc4oc23)cc1. The summed E-state index contributed by atoms with van der Waals surface area (Å²) in [6, 6.07) is 39.0. The number of rotatable bonds is 7. The molecule has 0 aliphatic heterocycles. The van der Waals surface area contributed by atoms with Gasteiger partial charge in [0, 0.05) is 64.0 Å². The minimum absolute atomic E-state index is 0.866. The second kappa shape index (κ2) is 13.7. The predicted octanol–water partition coefficient (Wildman–Crippen LogP) is 13.1. The van der Waals surface area contributed by atoms with Gasteiger partial charge in [0.25, 0.3) is 0 Å². The number of aryl methyl sites for hydroxylation is 2. The van der Waals surface area contributed by atoms with Crippen molar-refractivity contribution in [2.24, 2.45) is 0 Å². The highest BCUT2D eigenvalue weighted by molar-refractivity contribution is 7.26. The fraction of sp³-hybridized carbons (Fsp3) is 0.191. The van der Waals surface area contributed by atoms with Crippen LogP contribution in [0, 0.1) is 30.6 Å². The normalized spacial score (nSPS) is 11.3. The minimum Gasteiger partial charge on any atom is -0.455 e. The third-order valence-corrected chi connectivity index (χ3v) is 10.8. The van der Waals surface area contributed by atoms with Gasteiger partial charge in [0.15, 0.2) is 0 Å². The average Bonchev–Trinajstić information content (AvgIpc) is 3.70. The summed E-state index contributed by atoms with van der Waals surface area (Å²) in [5.41, 5.74) is 8.51. The molecule has 0 unspecified atom stereocenters. The Kier molecular flexibility index (Phi) is 8.66. The molecular weight excluding hydrogens is 613 g/mol. The highest BCUT2D eigenvalue weighted by Gasteiger charge is 2.15. The van der Waals surface area contributed by atoms with Gasteiger partial charge >= 0.3 is 0 Å². The first-order valence-electron chi connectivity index (χ1n) is 17.6. The van der Waals surface area contributed by atoms with Gasteiger partial charge in [-0.05, 0) is 92.1 Å². The quantitative estimate of drug-likeness (QED) is 0.124. The van der Waals surface area contributed by atoms with E-state index in [2.05, 4.69) is 147 Å². The first kappa shape index (κ1) is 31.0. The van der Waals surface area contributed by atoms with Crippen molar-refractivity contribution in [2.75, 3.05) is 0 Å². The summed E-state index contributed by atoms with van der Waals surface area (Å²) in [7, 11) is 0. The van der Waals surface area contributed by atoms with E-state index in [1.807, 2.05) is 11.3 Å². The fourth-order valence-corrected chi connectivity index (χ4v) is 8.09. The Morgan fingerprint density at radius 1 is 0.510 bits per heavy atom. The molecule has 0 aliphatic carbocycles. The molecule has 0 radical (unpaired) electrons. The lowest BCUT2D eigenvalue weighted by Gasteiger charge is -2.02. The molecule has 2 aromatic heterocycles. The zero-order valence-electron chi connectivity index (χ0n) is 28.2. The van der Waals surface area contributed by atoms with Gasteiger partial charge in [0.1, 0.15) is 11.2 Å². The van der Waals surface area contributed by atoms with Crippen LogP contribution in [0.3, 0.4) is 0 Å². The molecule has 238 valence electrons. The monoisotopic (exact) mass is 650 g/mol. The number of benzene rings is 6. The number of thiophene rings is 1. The lowest BCUT2D eigenvalue weighted by molar-refractivity contribution is 0.607. The predicted molar refractivity (Wildman–Crippen MR) is 211 cm³/mol. The Labute approximate surface area is 292 Å². The zero-order valence-corrected chi connectivity index (χ0v) is 29.0. The summed E-state index contributed by atoms with van der Waals surface area (Å²) in [6.07, 6.45) is 9.15. The summed E-state index contributed by atoms with van der Waals surface area (Å²) in [6.45, 7) is 4.36. The van der Waals surface area contributed by atoms with Crippen LogP contribution in [0.5, 0.6) is 0 Å². The summed E-state index contributed by atoms with van der Waals surface area (Å²) >= 11 is 1.84. The van der Waals surface area contributed by atoms with Gasteiger partial charge in [-0.25, -0.2) is 0 Å². The van der Waals surface area contributed by atoms with E-state index in [9.17, 15) is 0 Å². The van der Waals surface area contributed by atoms with Crippen LogP contribution < -0.4 is 0 Å². The third kappa shape index (κ3) is 6.46. The Morgan fingerprint density at radius 2 is 1.04 bits per heavy atom. The molecule has 0 atom stereocenters. The molecule has 0 saturated heterocycles. The Morgan fingerprint density at radius 3 is 1.78 bits per heavy atom. The first-order valence-corrected chi connectivity index (χ1v) is 18.4. The number of hydrogen-bond donors (Lipinski definition) is 0. The fourth-order valence-electron chi connectivity index (χ4n) is 6.82. The summed E-state index contributed by atoms with van der Waals surface area (Å²) in [5, 5.41) is 7.15. The number of furan rings is 1. The van der Waals surface area contributed by atoms with E-state index in [0.29, 0.717) is 0 Å². The maximum atomic E-state index is 6.55. The van der Waals surface area contributed by atoms with Crippen LogP contribution in [0.25, 0.3) is 52.9 Å². The molecule has 0 fully saturated rings. The lowest BCUT2D eigenvalue weighted by Crippen LogP contribution is -1.87. The molecule has 2 heteroatoms. The highest BCUT2D eigenvalue weighted by atomic mass is 32.1. The summed E-state index contributed by atoms with van der Waals surface area (Å²) < 4.78 is 9.09. The molecule has 0 aliphatic rings. The summed E-state index contributed by atoms with van der Waals surface area (Å²) in [5.74, 6) is 13.4. The molecule has 0 bridgehead atoms. The van der Waals surface area contributed by atoms with E-state index >= 15 is 0 Å². The van der Waals surface area contributed by atoms with Crippen molar-refractivity contribution in [1.29, 1.82) is 0 Å². The molecule has 0 amide bonds. The molecule has 8 rings (SSSR count). The Hall–Kier alpha value is -5.28. The number of unbranched alkanes of at least 4 members (excludes halogenated alkanes) is 5. The van der Waals surface area contributed by atoms with Crippen molar-refractivity contribution in [3.8, 4) is 23.7 Å². The second-order valence-corrected chi connectivity index (χ2v) is 14.2. The minimum atomic E-state index is 0.866. The maximum absolute atomic E-state index is 6.55. The van der Waals surface area contributed by atoms with Crippen LogP contribution in [-0.4, -0.2) is 0 Å². The molecule has 6 aromatic carbocycles. The van der Waals surface area contributed by atoms with Gasteiger partial charge in [-0.1, -0.05) is 111 Å². The van der Waals surface area contributed by atoms with Gasteiger partial charge in [-0.2, -0.15) is 0 Å². The average molecular weight is 651 g/mol. The van der Waals surface area contributed by atoms with Crippen molar-refractivity contribution in [3.63, 3.8) is 0 Å². The van der Waals surface area contributed by atoms with E-state index in [4.69, 9.17) is 4.42 Å². The van der Waals surface area contributed by atoms with Crippen LogP contribution in [0.15, 0.2) is 114 Å².